The third kappa shape index (κ3) is 3.21. The number of nitrogens with zero attached hydrogens (tertiary/aromatic N) is 3. The summed E-state index contributed by atoms with van der Waals surface area (Å²) in [5, 5.41) is 4.31. The summed E-state index contributed by atoms with van der Waals surface area (Å²) < 4.78 is 28.7. The van der Waals surface area contributed by atoms with Crippen molar-refractivity contribution in [2.24, 2.45) is 5.92 Å². The Labute approximate surface area is 131 Å². The van der Waals surface area contributed by atoms with Crippen LogP contribution in [0.2, 0.25) is 0 Å². The van der Waals surface area contributed by atoms with E-state index in [1.807, 2.05) is 6.20 Å². The fourth-order valence-corrected chi connectivity index (χ4v) is 4.74. The van der Waals surface area contributed by atoms with Gasteiger partial charge >= 0.3 is 0 Å². The van der Waals surface area contributed by atoms with Crippen molar-refractivity contribution < 1.29 is 8.42 Å². The van der Waals surface area contributed by atoms with Gasteiger partial charge in [0.1, 0.15) is 0 Å². The van der Waals surface area contributed by atoms with Gasteiger partial charge in [-0.1, -0.05) is 0 Å². The zero-order valence-corrected chi connectivity index (χ0v) is 13.6. The average Bonchev–Trinajstić information content (AvgIpc) is 3.37. The fourth-order valence-electron chi connectivity index (χ4n) is 3.35. The van der Waals surface area contributed by atoms with Crippen LogP contribution in [-0.4, -0.2) is 48.0 Å². The molecule has 0 spiro atoms. The Morgan fingerprint density at radius 3 is 2.82 bits per heavy atom. The molecule has 2 heterocycles. The van der Waals surface area contributed by atoms with Crippen molar-refractivity contribution in [2.45, 2.75) is 49.9 Å². The van der Waals surface area contributed by atoms with Crippen LogP contribution in [0.4, 0.5) is 0 Å². The van der Waals surface area contributed by atoms with E-state index in [0.29, 0.717) is 6.54 Å². The molecule has 7 heteroatoms. The summed E-state index contributed by atoms with van der Waals surface area (Å²) in [6.07, 6.45) is 7.02. The molecule has 1 aliphatic heterocycles. The summed E-state index contributed by atoms with van der Waals surface area (Å²) >= 11 is 0. The maximum Gasteiger partial charge on any atom is 0.214 e. The first-order valence-corrected chi connectivity index (χ1v) is 9.90. The van der Waals surface area contributed by atoms with Crippen molar-refractivity contribution in [3.8, 4) is 0 Å². The Kier molecular flexibility index (Phi) is 3.74. The Hall–Kier alpha value is -0.920. The molecule has 1 N–H and O–H groups in total. The first kappa shape index (κ1) is 14.7. The number of hydrogen-bond donors (Lipinski definition) is 1. The highest BCUT2D eigenvalue weighted by molar-refractivity contribution is 7.90. The first-order valence-electron chi connectivity index (χ1n) is 8.35. The van der Waals surface area contributed by atoms with Gasteiger partial charge in [0.15, 0.2) is 0 Å². The largest absolute Gasteiger partial charge is 0.295 e. The third-order valence-electron chi connectivity index (χ3n) is 4.91. The summed E-state index contributed by atoms with van der Waals surface area (Å²) in [5.74, 6) is 0.878. The van der Waals surface area contributed by atoms with Gasteiger partial charge in [-0.2, -0.15) is 5.10 Å². The van der Waals surface area contributed by atoms with Crippen molar-refractivity contribution in [1.29, 1.82) is 0 Å². The van der Waals surface area contributed by atoms with E-state index in [1.165, 1.54) is 25.1 Å². The van der Waals surface area contributed by atoms with Crippen LogP contribution in [0.15, 0.2) is 12.3 Å². The molecule has 3 aliphatic rings. The second-order valence-electron chi connectivity index (χ2n) is 6.99. The van der Waals surface area contributed by atoms with Crippen molar-refractivity contribution >= 4 is 10.0 Å². The normalized spacial score (nSPS) is 26.1. The highest BCUT2D eigenvalue weighted by Gasteiger charge is 2.36. The average molecular weight is 324 g/mol. The van der Waals surface area contributed by atoms with Crippen LogP contribution in [0.1, 0.15) is 43.8 Å². The molecule has 122 valence electrons. The van der Waals surface area contributed by atoms with Crippen LogP contribution in [0.5, 0.6) is 0 Å². The molecule has 0 radical (unpaired) electrons. The molecule has 4 rings (SSSR count). The maximum atomic E-state index is 11.9. The minimum absolute atomic E-state index is 0.134. The smallest absolute Gasteiger partial charge is 0.214 e. The van der Waals surface area contributed by atoms with Crippen molar-refractivity contribution in [3.05, 3.63) is 18.0 Å². The lowest BCUT2D eigenvalue weighted by Gasteiger charge is -2.34. The van der Waals surface area contributed by atoms with E-state index in [1.54, 1.807) is 0 Å². The predicted octanol–water partition coefficient (Wildman–Crippen LogP) is 1.12. The number of nitrogens with one attached hydrogen (secondary N) is 1. The number of sulfonamides is 1. The van der Waals surface area contributed by atoms with Crippen LogP contribution >= 0.6 is 0 Å². The van der Waals surface area contributed by atoms with E-state index in [9.17, 15) is 8.42 Å². The molecule has 2 saturated carbocycles. The second kappa shape index (κ2) is 5.62. The van der Waals surface area contributed by atoms with E-state index >= 15 is 0 Å². The number of hydrogen-bond acceptors (Lipinski definition) is 4. The van der Waals surface area contributed by atoms with E-state index in [2.05, 4.69) is 25.5 Å². The van der Waals surface area contributed by atoms with Crippen LogP contribution in [0, 0.1) is 5.92 Å². The Morgan fingerprint density at radius 2 is 2.09 bits per heavy atom. The fraction of sp³-hybridized carbons (Fsp3) is 0.800. The van der Waals surface area contributed by atoms with Gasteiger partial charge in [0, 0.05) is 32.4 Å². The zero-order chi connectivity index (χ0) is 15.2. The lowest BCUT2D eigenvalue weighted by molar-refractivity contribution is 0.163. The topological polar surface area (TPSA) is 67.2 Å². The highest BCUT2D eigenvalue weighted by atomic mass is 32.2. The molecular formula is C15H24N4O2S. The summed E-state index contributed by atoms with van der Waals surface area (Å²) in [4.78, 5) is 2.51. The van der Waals surface area contributed by atoms with Crippen LogP contribution in [0.25, 0.3) is 0 Å². The standard InChI is InChI=1S/C15H24N4O2S/c20-22(21,15-3-4-15)17-8-6-14-11-18(9-12-1-2-12)10-13-5-7-16-19(13)14/h5,7,12,14-15,17H,1-4,6,8-11H2/t14-/m1/s1. The molecule has 1 aromatic rings. The van der Waals surface area contributed by atoms with Gasteiger partial charge in [-0.05, 0) is 44.1 Å². The highest BCUT2D eigenvalue weighted by Crippen LogP contribution is 2.32. The molecule has 0 saturated heterocycles. The van der Waals surface area contributed by atoms with Gasteiger partial charge in [-0.25, -0.2) is 13.1 Å². The van der Waals surface area contributed by atoms with Crippen LogP contribution in [-0.2, 0) is 16.6 Å². The minimum Gasteiger partial charge on any atom is -0.295 e. The molecule has 0 unspecified atom stereocenters. The maximum absolute atomic E-state index is 11.9. The van der Waals surface area contributed by atoms with Gasteiger partial charge < -0.3 is 0 Å². The minimum atomic E-state index is -3.07. The Balaban J connectivity index is 1.37. The van der Waals surface area contributed by atoms with E-state index in [0.717, 1.165) is 38.3 Å². The quantitative estimate of drug-likeness (QED) is 0.816. The Bertz CT molecular complexity index is 634. The molecule has 2 fully saturated rings. The number of aromatic nitrogens is 2. The van der Waals surface area contributed by atoms with Gasteiger partial charge in [-0.15, -0.1) is 0 Å². The van der Waals surface area contributed by atoms with Crippen molar-refractivity contribution in [1.82, 2.24) is 19.4 Å². The molecule has 1 atom stereocenters. The van der Waals surface area contributed by atoms with Crippen molar-refractivity contribution in [2.75, 3.05) is 19.6 Å². The third-order valence-corrected chi connectivity index (χ3v) is 6.87. The molecular weight excluding hydrogens is 300 g/mol. The zero-order valence-electron chi connectivity index (χ0n) is 12.8. The predicted molar refractivity (Wildman–Crippen MR) is 83.8 cm³/mol. The molecule has 0 aromatic carbocycles. The molecule has 2 aliphatic carbocycles. The lowest BCUT2D eigenvalue weighted by atomic mass is 10.1. The van der Waals surface area contributed by atoms with Gasteiger partial charge in [0.2, 0.25) is 10.0 Å². The number of fused-ring (bicyclic) bond motifs is 1. The molecule has 0 bridgehead atoms. The number of rotatable bonds is 7. The van der Waals surface area contributed by atoms with E-state index < -0.39 is 10.0 Å². The first-order chi connectivity index (χ1) is 10.6. The summed E-state index contributed by atoms with van der Waals surface area (Å²) in [7, 11) is -3.07. The van der Waals surface area contributed by atoms with Crippen molar-refractivity contribution in [3.63, 3.8) is 0 Å². The SMILES string of the molecule is O=S(=O)(NCC[C@@H]1CN(CC2CC2)Cc2ccnn21)C1CC1. The van der Waals surface area contributed by atoms with Gasteiger partial charge in [0.25, 0.3) is 0 Å². The molecule has 22 heavy (non-hydrogen) atoms. The molecule has 1 aromatic heterocycles. The van der Waals surface area contributed by atoms with Crippen LogP contribution in [0.3, 0.4) is 0 Å². The summed E-state index contributed by atoms with van der Waals surface area (Å²) in [6.45, 7) is 3.65. The lowest BCUT2D eigenvalue weighted by Crippen LogP contribution is -2.40. The van der Waals surface area contributed by atoms with Gasteiger partial charge in [0.05, 0.1) is 17.0 Å². The molecule has 0 amide bonds. The monoisotopic (exact) mass is 324 g/mol. The second-order valence-corrected chi connectivity index (χ2v) is 9.03. The van der Waals surface area contributed by atoms with Crippen LogP contribution < -0.4 is 4.72 Å². The Morgan fingerprint density at radius 1 is 1.27 bits per heavy atom. The van der Waals surface area contributed by atoms with Gasteiger partial charge in [-0.3, -0.25) is 9.58 Å². The summed E-state index contributed by atoms with van der Waals surface area (Å²) in [6, 6.07) is 2.36. The van der Waals surface area contributed by atoms with E-state index in [4.69, 9.17) is 0 Å². The molecule has 6 nitrogen and oxygen atoms in total. The van der Waals surface area contributed by atoms with E-state index in [-0.39, 0.29) is 11.3 Å². The summed E-state index contributed by atoms with van der Waals surface area (Å²) in [5.41, 5.74) is 1.25.